The van der Waals surface area contributed by atoms with Gasteiger partial charge in [0.15, 0.2) is 0 Å². The SMILES string of the molecule is CCOC12Oc3ccc(C)cc3NC1=C(Cl)C(=O)c1ccccc12. The highest BCUT2D eigenvalue weighted by molar-refractivity contribution is 6.46. The van der Waals surface area contributed by atoms with Crippen molar-refractivity contribution in [3.05, 3.63) is 69.9 Å². The molecule has 2 aliphatic rings. The minimum atomic E-state index is -1.24. The van der Waals surface area contributed by atoms with E-state index in [1.807, 2.05) is 44.2 Å². The number of Topliss-reactive ketones (excluding diaryl/α,β-unsaturated/α-hetero) is 1. The molecule has 4 rings (SSSR count). The van der Waals surface area contributed by atoms with Crippen LogP contribution in [0.2, 0.25) is 0 Å². The molecular formula is C19H16ClNO3. The summed E-state index contributed by atoms with van der Waals surface area (Å²) in [4.78, 5) is 12.7. The molecular weight excluding hydrogens is 326 g/mol. The first-order chi connectivity index (χ1) is 11.6. The number of hydrogen-bond acceptors (Lipinski definition) is 4. The van der Waals surface area contributed by atoms with Crippen LogP contribution in [0.15, 0.2) is 53.2 Å². The first kappa shape index (κ1) is 15.2. The van der Waals surface area contributed by atoms with E-state index in [0.29, 0.717) is 29.2 Å². The van der Waals surface area contributed by atoms with Gasteiger partial charge in [0.1, 0.15) is 16.5 Å². The normalized spacial score (nSPS) is 21.4. The van der Waals surface area contributed by atoms with E-state index >= 15 is 0 Å². The number of carbonyl (C=O) groups is 1. The largest absolute Gasteiger partial charge is 0.450 e. The van der Waals surface area contributed by atoms with E-state index in [1.54, 1.807) is 12.1 Å². The third-order valence-corrected chi connectivity index (χ3v) is 4.63. The summed E-state index contributed by atoms with van der Waals surface area (Å²) in [5.41, 5.74) is 3.44. The van der Waals surface area contributed by atoms with E-state index in [4.69, 9.17) is 21.1 Å². The standard InChI is InChI=1S/C19H16ClNO3/c1-3-23-19-13-7-5-4-6-12(13)17(22)16(20)18(19)21-14-10-11(2)8-9-15(14)24-19/h4-10,21H,3H2,1-2H3. The number of aryl methyl sites for hydroxylation is 1. The second-order valence-corrected chi connectivity index (χ2v) is 6.22. The lowest BCUT2D eigenvalue weighted by molar-refractivity contribution is -0.162. The van der Waals surface area contributed by atoms with Gasteiger partial charge in [-0.3, -0.25) is 4.79 Å². The van der Waals surface area contributed by atoms with Gasteiger partial charge >= 0.3 is 0 Å². The summed E-state index contributed by atoms with van der Waals surface area (Å²) in [7, 11) is 0. The van der Waals surface area contributed by atoms with Crippen LogP contribution in [0.5, 0.6) is 5.75 Å². The molecule has 0 radical (unpaired) electrons. The summed E-state index contributed by atoms with van der Waals surface area (Å²) >= 11 is 6.41. The Morgan fingerprint density at radius 2 is 2.04 bits per heavy atom. The lowest BCUT2D eigenvalue weighted by Gasteiger charge is -2.43. The highest BCUT2D eigenvalue weighted by atomic mass is 35.5. The van der Waals surface area contributed by atoms with Crippen molar-refractivity contribution in [3.63, 3.8) is 0 Å². The number of halogens is 1. The molecule has 0 saturated heterocycles. The zero-order chi connectivity index (χ0) is 16.9. The fourth-order valence-electron chi connectivity index (χ4n) is 3.22. The summed E-state index contributed by atoms with van der Waals surface area (Å²) in [6.45, 7) is 4.27. The molecule has 0 aromatic heterocycles. The van der Waals surface area contributed by atoms with Crippen molar-refractivity contribution < 1.29 is 14.3 Å². The Morgan fingerprint density at radius 1 is 1.25 bits per heavy atom. The lowest BCUT2D eigenvalue weighted by Crippen LogP contribution is -2.48. The molecule has 1 aliphatic carbocycles. The minimum absolute atomic E-state index is 0.0920. The molecule has 0 bridgehead atoms. The Bertz CT molecular complexity index is 890. The van der Waals surface area contributed by atoms with E-state index in [9.17, 15) is 4.79 Å². The van der Waals surface area contributed by atoms with Gasteiger partial charge < -0.3 is 14.8 Å². The number of carbonyl (C=O) groups excluding carboxylic acids is 1. The molecule has 5 heteroatoms. The van der Waals surface area contributed by atoms with Gasteiger partial charge in [-0.25, -0.2) is 0 Å². The highest BCUT2D eigenvalue weighted by Crippen LogP contribution is 2.50. The summed E-state index contributed by atoms with van der Waals surface area (Å²) in [6.07, 6.45) is 0. The molecule has 0 fully saturated rings. The average molecular weight is 342 g/mol. The van der Waals surface area contributed by atoms with Crippen molar-refractivity contribution in [2.24, 2.45) is 0 Å². The van der Waals surface area contributed by atoms with E-state index < -0.39 is 5.79 Å². The van der Waals surface area contributed by atoms with Gasteiger partial charge in [-0.1, -0.05) is 41.9 Å². The zero-order valence-electron chi connectivity index (χ0n) is 13.4. The second kappa shape index (κ2) is 5.36. The van der Waals surface area contributed by atoms with Gasteiger partial charge in [0.25, 0.3) is 5.79 Å². The van der Waals surface area contributed by atoms with E-state index in [1.165, 1.54) is 0 Å². The number of benzene rings is 2. The molecule has 2 aromatic carbocycles. The van der Waals surface area contributed by atoms with E-state index in [-0.39, 0.29) is 10.8 Å². The average Bonchev–Trinajstić information content (AvgIpc) is 2.59. The Hall–Kier alpha value is -2.30. The Morgan fingerprint density at radius 3 is 2.83 bits per heavy atom. The van der Waals surface area contributed by atoms with Crippen LogP contribution in [0, 0.1) is 6.92 Å². The quantitative estimate of drug-likeness (QED) is 0.883. The fraction of sp³-hybridized carbons (Fsp3) is 0.211. The number of anilines is 1. The monoisotopic (exact) mass is 341 g/mol. The Labute approximate surface area is 145 Å². The third kappa shape index (κ3) is 2.00. The second-order valence-electron chi connectivity index (χ2n) is 5.84. The molecule has 2 aromatic rings. The first-order valence-electron chi connectivity index (χ1n) is 7.82. The van der Waals surface area contributed by atoms with E-state index in [0.717, 1.165) is 11.3 Å². The number of nitrogens with one attached hydrogen (secondary N) is 1. The molecule has 1 atom stereocenters. The van der Waals surface area contributed by atoms with Crippen molar-refractivity contribution in [1.29, 1.82) is 0 Å². The zero-order valence-corrected chi connectivity index (χ0v) is 14.1. The predicted octanol–water partition coefficient (Wildman–Crippen LogP) is 4.34. The molecule has 1 N–H and O–H groups in total. The van der Waals surface area contributed by atoms with Crippen molar-refractivity contribution in [2.45, 2.75) is 19.6 Å². The predicted molar refractivity (Wildman–Crippen MR) is 92.4 cm³/mol. The van der Waals surface area contributed by atoms with Crippen LogP contribution in [0.1, 0.15) is 28.4 Å². The van der Waals surface area contributed by atoms with Gasteiger partial charge in [0.05, 0.1) is 5.69 Å². The first-order valence-corrected chi connectivity index (χ1v) is 8.19. The number of ether oxygens (including phenoxy) is 2. The van der Waals surface area contributed by atoms with Crippen molar-refractivity contribution in [1.82, 2.24) is 0 Å². The summed E-state index contributed by atoms with van der Waals surface area (Å²) in [5.74, 6) is -0.810. The number of rotatable bonds is 2. The van der Waals surface area contributed by atoms with Crippen molar-refractivity contribution in [3.8, 4) is 5.75 Å². The van der Waals surface area contributed by atoms with Gasteiger partial charge in [0, 0.05) is 17.7 Å². The molecule has 1 heterocycles. The van der Waals surface area contributed by atoms with E-state index in [2.05, 4.69) is 5.32 Å². The maximum atomic E-state index is 12.7. The van der Waals surface area contributed by atoms with Crippen molar-refractivity contribution >= 4 is 23.1 Å². The Balaban J connectivity index is 2.00. The summed E-state index contributed by atoms with van der Waals surface area (Å²) < 4.78 is 12.3. The maximum absolute atomic E-state index is 12.7. The molecule has 122 valence electrons. The molecule has 1 unspecified atom stereocenters. The van der Waals surface area contributed by atoms with Gasteiger partial charge in [-0.2, -0.15) is 0 Å². The Kier molecular flexibility index (Phi) is 3.41. The topological polar surface area (TPSA) is 47.6 Å². The van der Waals surface area contributed by atoms with Crippen LogP contribution in [0.4, 0.5) is 5.69 Å². The smallest absolute Gasteiger partial charge is 0.281 e. The van der Waals surface area contributed by atoms with Gasteiger partial charge in [0.2, 0.25) is 5.78 Å². The molecule has 4 nitrogen and oxygen atoms in total. The number of hydrogen-bond donors (Lipinski definition) is 1. The number of allylic oxidation sites excluding steroid dienone is 1. The van der Waals surface area contributed by atoms with Crippen LogP contribution < -0.4 is 10.1 Å². The highest BCUT2D eigenvalue weighted by Gasteiger charge is 2.51. The van der Waals surface area contributed by atoms with Crippen LogP contribution in [-0.4, -0.2) is 12.4 Å². The minimum Gasteiger partial charge on any atom is -0.450 e. The fourth-order valence-corrected chi connectivity index (χ4v) is 3.50. The van der Waals surface area contributed by atoms with Crippen LogP contribution in [0.25, 0.3) is 0 Å². The third-order valence-electron chi connectivity index (χ3n) is 4.27. The van der Waals surface area contributed by atoms with Crippen LogP contribution in [-0.2, 0) is 10.5 Å². The van der Waals surface area contributed by atoms with Crippen LogP contribution >= 0.6 is 11.6 Å². The van der Waals surface area contributed by atoms with Crippen molar-refractivity contribution in [2.75, 3.05) is 11.9 Å². The summed E-state index contributed by atoms with van der Waals surface area (Å²) in [6, 6.07) is 13.1. The lowest BCUT2D eigenvalue weighted by atomic mass is 9.87. The van der Waals surface area contributed by atoms with Crippen LogP contribution in [0.3, 0.4) is 0 Å². The van der Waals surface area contributed by atoms with Gasteiger partial charge in [-0.05, 0) is 31.5 Å². The molecule has 1 aliphatic heterocycles. The van der Waals surface area contributed by atoms with Gasteiger partial charge in [-0.15, -0.1) is 0 Å². The molecule has 0 saturated carbocycles. The molecule has 0 spiro atoms. The molecule has 0 amide bonds. The summed E-state index contributed by atoms with van der Waals surface area (Å²) in [5, 5.41) is 3.36. The maximum Gasteiger partial charge on any atom is 0.281 e. The number of fused-ring (bicyclic) bond motifs is 4. The number of ketones is 1. The molecule has 24 heavy (non-hydrogen) atoms.